The third kappa shape index (κ3) is 12.5. The largest absolute Gasteiger partial charge is 0.543 e. The molecule has 4 unspecified atom stereocenters. The molecule has 3 aliphatic rings. The number of amides is 1. The number of sulfone groups is 1. The quantitative estimate of drug-likeness (QED) is 0.0412. The monoisotopic (exact) mass is 1100 g/mol. The Balaban J connectivity index is 1.29. The van der Waals surface area contributed by atoms with Crippen LogP contribution in [-0.2, 0) is 33.3 Å². The van der Waals surface area contributed by atoms with E-state index in [1.807, 2.05) is 30.3 Å². The zero-order valence-electron chi connectivity index (χ0n) is 44.4. The second-order valence-electron chi connectivity index (χ2n) is 23.2. The molecule has 0 aromatic heterocycles. The van der Waals surface area contributed by atoms with Crippen molar-refractivity contribution < 1.29 is 76.4 Å². The molecule has 75 heavy (non-hydrogen) atoms. The van der Waals surface area contributed by atoms with Gasteiger partial charge in [0.2, 0.25) is 14.2 Å². The van der Waals surface area contributed by atoms with Gasteiger partial charge in [0.15, 0.2) is 24.4 Å². The molecular weight excluding hydrogens is 1020 g/mol. The number of aliphatic hydroxyl groups is 7. The van der Waals surface area contributed by atoms with Crippen molar-refractivity contribution in [3.63, 3.8) is 0 Å². The topological polar surface area (TPSA) is 242 Å². The minimum absolute atomic E-state index is 0.121. The Bertz CT molecular complexity index is 2700. The normalized spacial score (nSPS) is 28.5. The summed E-state index contributed by atoms with van der Waals surface area (Å²) in [6.45, 7) is 19.6. The van der Waals surface area contributed by atoms with Gasteiger partial charge in [0.25, 0.3) is 0 Å². The summed E-state index contributed by atoms with van der Waals surface area (Å²) in [5, 5.41) is 74.6. The number of benzene rings is 4. The van der Waals surface area contributed by atoms with E-state index in [9.17, 15) is 44.9 Å². The van der Waals surface area contributed by atoms with E-state index in [-0.39, 0.29) is 32.9 Å². The molecule has 0 aliphatic carbocycles. The summed E-state index contributed by atoms with van der Waals surface area (Å²) in [7, 11) is -9.40. The Morgan fingerprint density at radius 2 is 1.31 bits per heavy atom. The first-order valence-electron chi connectivity index (χ1n) is 25.6. The highest BCUT2D eigenvalue weighted by atomic mass is 32.2. The number of nitrogens with zero attached hydrogens (tertiary/aromatic N) is 1. The Morgan fingerprint density at radius 3 is 1.92 bits per heavy atom. The molecule has 13 atom stereocenters. The number of carbonyl (C=O) groups is 1. The van der Waals surface area contributed by atoms with Crippen LogP contribution in [0.5, 0.6) is 5.75 Å². The number of carbonyl (C=O) groups excluding carboxylic acids is 1. The van der Waals surface area contributed by atoms with Crippen molar-refractivity contribution in [3.05, 3.63) is 114 Å². The van der Waals surface area contributed by atoms with Gasteiger partial charge in [-0.25, -0.2) is 12.8 Å². The molecule has 4 aromatic carbocycles. The lowest BCUT2D eigenvalue weighted by molar-refractivity contribution is -0.341. The van der Waals surface area contributed by atoms with Gasteiger partial charge in [0.05, 0.1) is 41.9 Å². The second-order valence-corrected chi connectivity index (χ2v) is 34.7. The zero-order valence-corrected chi connectivity index (χ0v) is 47.2. The minimum atomic E-state index is -4.62. The zero-order chi connectivity index (χ0) is 55.2. The van der Waals surface area contributed by atoms with Crippen molar-refractivity contribution in [1.82, 2.24) is 0 Å². The van der Waals surface area contributed by atoms with Crippen molar-refractivity contribution in [3.8, 4) is 16.9 Å². The van der Waals surface area contributed by atoms with Gasteiger partial charge in [-0.05, 0) is 114 Å². The van der Waals surface area contributed by atoms with Crippen LogP contribution in [-0.4, -0.2) is 147 Å². The fraction of sp³-hybridized carbons (Fsp3) is 0.545. The van der Waals surface area contributed by atoms with Gasteiger partial charge >= 0.3 is 0 Å². The standard InChI is InChI=1S/C55H76FNO15SSi2/c1-54(2,3)74(7,8)71-37-18-14-15-33(27-37)34-21-24-38(44(28-34)73(66,67)31-43-47(61)49(63)51(42(30-59)68-43)70-53-50(64)48(62)46(60)41(29-58)69-53)45-39(52(65)57(45)36-16-12-11-13-17-36)25-26-40(32-19-22-35(56)23-20-32)72-75(9,10)55(4,5)6/h11-24,27-28,39-43,45-51,53,58-64H,25-26,29-31H2,1-10H3/t39-,40+,41?,42?,43+,45-,46-,47?,48+,49-,50?,51-,53+/m1/s1. The first kappa shape index (κ1) is 58.7. The molecule has 4 aromatic rings. The van der Waals surface area contributed by atoms with Crippen molar-refractivity contribution in [2.45, 2.75) is 169 Å². The highest BCUT2D eigenvalue weighted by Gasteiger charge is 2.54. The number of anilines is 1. The molecule has 3 heterocycles. The van der Waals surface area contributed by atoms with Crippen LogP contribution in [0.2, 0.25) is 36.3 Å². The van der Waals surface area contributed by atoms with Gasteiger partial charge in [-0.3, -0.25) is 4.79 Å². The van der Waals surface area contributed by atoms with Gasteiger partial charge in [-0.2, -0.15) is 0 Å². The third-order valence-corrected chi connectivity index (χ3v) is 26.6. The summed E-state index contributed by atoms with van der Waals surface area (Å²) in [5.41, 5.74) is 2.69. The van der Waals surface area contributed by atoms with Crippen molar-refractivity contribution >= 4 is 38.1 Å². The molecule has 7 rings (SSSR count). The second kappa shape index (κ2) is 22.8. The molecular formula is C55H76FNO15SSi2. The van der Waals surface area contributed by atoms with Gasteiger partial charge in [-0.15, -0.1) is 0 Å². The van der Waals surface area contributed by atoms with Crippen molar-refractivity contribution in [1.29, 1.82) is 0 Å². The van der Waals surface area contributed by atoms with E-state index in [1.165, 1.54) is 18.2 Å². The Hall–Kier alpha value is -3.98. The summed E-state index contributed by atoms with van der Waals surface area (Å²) in [6, 6.07) is 26.6. The third-order valence-electron chi connectivity index (χ3n) is 16.0. The van der Waals surface area contributed by atoms with Crippen LogP contribution in [0.3, 0.4) is 0 Å². The average Bonchev–Trinajstić information content (AvgIpc) is 3.34. The summed E-state index contributed by atoms with van der Waals surface area (Å²) in [6.07, 6.45) is -17.3. The predicted molar refractivity (Wildman–Crippen MR) is 285 cm³/mol. The molecule has 0 spiro atoms. The number of halogens is 1. The Kier molecular flexibility index (Phi) is 17.8. The molecule has 0 radical (unpaired) electrons. The van der Waals surface area contributed by atoms with E-state index >= 15 is 8.42 Å². The van der Waals surface area contributed by atoms with E-state index in [1.54, 1.807) is 53.4 Å². The number of para-hydroxylation sites is 1. The van der Waals surface area contributed by atoms with Crippen LogP contribution < -0.4 is 9.33 Å². The van der Waals surface area contributed by atoms with E-state index < -0.39 is 131 Å². The average molecular weight is 1100 g/mol. The lowest BCUT2D eigenvalue weighted by atomic mass is 9.78. The SMILES string of the molecule is CC(C)(C)[Si](C)(C)Oc1cccc(-c2ccc([C@@H]3[C@@H](CC[C@H](O[Si](C)(C)C(C)(C)C)c4ccc(F)cc4)C(=O)N3c3ccccc3)c(S(=O)(=O)C[C@@H]3OC(CO)[C@@H](O[C@@H]4OC(CO)[C@@H](O)[C@H](O)C4O)[C@H](O)C3O)c2)c1. The van der Waals surface area contributed by atoms with Crippen LogP contribution in [0.4, 0.5) is 10.1 Å². The van der Waals surface area contributed by atoms with Crippen molar-refractivity contribution in [2.24, 2.45) is 5.92 Å². The summed E-state index contributed by atoms with van der Waals surface area (Å²) >= 11 is 0. The highest BCUT2D eigenvalue weighted by molar-refractivity contribution is 7.91. The predicted octanol–water partition coefficient (Wildman–Crippen LogP) is 6.56. The lowest BCUT2D eigenvalue weighted by Gasteiger charge is -2.49. The lowest BCUT2D eigenvalue weighted by Crippen LogP contribution is -2.65. The van der Waals surface area contributed by atoms with E-state index in [4.69, 9.17) is 23.1 Å². The first-order chi connectivity index (χ1) is 35.0. The Morgan fingerprint density at radius 1 is 0.693 bits per heavy atom. The van der Waals surface area contributed by atoms with Crippen LogP contribution in [0.25, 0.3) is 11.1 Å². The van der Waals surface area contributed by atoms with E-state index in [0.717, 1.165) is 5.56 Å². The maximum Gasteiger partial charge on any atom is 0.250 e. The molecule has 3 saturated heterocycles. The number of β-lactam (4-membered cyclic amide) rings is 1. The van der Waals surface area contributed by atoms with Crippen LogP contribution in [0, 0.1) is 11.7 Å². The number of rotatable bonds is 18. The molecule has 0 saturated carbocycles. The van der Waals surface area contributed by atoms with Gasteiger partial charge in [0, 0.05) is 5.69 Å². The molecule has 1 amide bonds. The van der Waals surface area contributed by atoms with Gasteiger partial charge in [-0.1, -0.05) is 96.1 Å². The fourth-order valence-corrected chi connectivity index (χ4v) is 13.5. The van der Waals surface area contributed by atoms with Crippen LogP contribution in [0.1, 0.15) is 77.7 Å². The number of hydrogen-bond donors (Lipinski definition) is 7. The molecule has 7 N–H and O–H groups in total. The Labute approximate surface area is 442 Å². The molecule has 3 aliphatic heterocycles. The minimum Gasteiger partial charge on any atom is -0.543 e. The molecule has 16 nitrogen and oxygen atoms in total. The summed E-state index contributed by atoms with van der Waals surface area (Å²) < 4.78 is 76.1. The summed E-state index contributed by atoms with van der Waals surface area (Å²) in [4.78, 5) is 16.1. The number of hydrogen-bond acceptors (Lipinski definition) is 15. The summed E-state index contributed by atoms with van der Waals surface area (Å²) in [5.74, 6) is -1.74. The smallest absolute Gasteiger partial charge is 0.250 e. The molecule has 412 valence electrons. The number of ether oxygens (including phenoxy) is 3. The molecule has 0 bridgehead atoms. The number of aliphatic hydroxyl groups excluding tert-OH is 7. The first-order valence-corrected chi connectivity index (χ1v) is 33.0. The highest BCUT2D eigenvalue weighted by Crippen LogP contribution is 2.50. The van der Waals surface area contributed by atoms with Gasteiger partial charge < -0.3 is 63.7 Å². The van der Waals surface area contributed by atoms with Crippen LogP contribution >= 0.6 is 0 Å². The van der Waals surface area contributed by atoms with Gasteiger partial charge in [0.1, 0.15) is 66.5 Å². The van der Waals surface area contributed by atoms with E-state index in [0.29, 0.717) is 29.0 Å². The van der Waals surface area contributed by atoms with Crippen LogP contribution in [0.15, 0.2) is 102 Å². The maximum atomic E-state index is 15.4. The molecule has 3 fully saturated rings. The maximum absolute atomic E-state index is 15.4. The van der Waals surface area contributed by atoms with Crippen molar-refractivity contribution in [2.75, 3.05) is 23.9 Å². The molecule has 20 heteroatoms. The van der Waals surface area contributed by atoms with E-state index in [2.05, 4.69) is 67.7 Å². The fourth-order valence-electron chi connectivity index (χ4n) is 9.42.